The molecular weight excluding hydrogens is 232 g/mol. The zero-order valence-corrected chi connectivity index (χ0v) is 10.5. The SMILES string of the molecule is CC(=NNC(=O)c1ccoc1C)c1ccc(C)o1. The van der Waals surface area contributed by atoms with Crippen molar-refractivity contribution in [2.75, 3.05) is 0 Å². The lowest BCUT2D eigenvalue weighted by atomic mass is 10.2. The van der Waals surface area contributed by atoms with Crippen molar-refractivity contribution in [1.82, 2.24) is 5.43 Å². The third-order valence-corrected chi connectivity index (χ3v) is 2.53. The maximum atomic E-state index is 11.8. The molecule has 0 atom stereocenters. The van der Waals surface area contributed by atoms with Crippen LogP contribution in [0.5, 0.6) is 0 Å². The number of furan rings is 2. The van der Waals surface area contributed by atoms with Crippen LogP contribution in [-0.2, 0) is 0 Å². The van der Waals surface area contributed by atoms with Gasteiger partial charge in [0.15, 0.2) is 0 Å². The molecule has 0 saturated carbocycles. The predicted molar refractivity (Wildman–Crippen MR) is 66.6 cm³/mol. The minimum Gasteiger partial charge on any atom is -0.469 e. The fraction of sp³-hybridized carbons (Fsp3) is 0.231. The highest BCUT2D eigenvalue weighted by molar-refractivity contribution is 5.99. The first-order chi connectivity index (χ1) is 8.58. The Hall–Kier alpha value is -2.30. The van der Waals surface area contributed by atoms with E-state index in [9.17, 15) is 4.79 Å². The second-order valence-electron chi connectivity index (χ2n) is 3.94. The third kappa shape index (κ3) is 2.51. The summed E-state index contributed by atoms with van der Waals surface area (Å²) in [5.41, 5.74) is 3.55. The fourth-order valence-corrected chi connectivity index (χ4v) is 1.50. The van der Waals surface area contributed by atoms with Gasteiger partial charge in [-0.3, -0.25) is 4.79 Å². The number of amides is 1. The minimum atomic E-state index is -0.302. The van der Waals surface area contributed by atoms with Crippen molar-refractivity contribution in [3.8, 4) is 0 Å². The molecule has 5 nitrogen and oxygen atoms in total. The monoisotopic (exact) mass is 246 g/mol. The molecule has 94 valence electrons. The van der Waals surface area contributed by atoms with Gasteiger partial charge >= 0.3 is 0 Å². The Morgan fingerprint density at radius 3 is 2.61 bits per heavy atom. The number of hydrogen-bond donors (Lipinski definition) is 1. The van der Waals surface area contributed by atoms with Crippen molar-refractivity contribution in [2.45, 2.75) is 20.8 Å². The van der Waals surface area contributed by atoms with Gasteiger partial charge in [0.2, 0.25) is 0 Å². The molecule has 0 radical (unpaired) electrons. The van der Waals surface area contributed by atoms with Crippen molar-refractivity contribution in [3.05, 3.63) is 47.3 Å². The molecule has 1 amide bonds. The molecule has 0 aliphatic rings. The lowest BCUT2D eigenvalue weighted by Gasteiger charge is -1.99. The van der Waals surface area contributed by atoms with Gasteiger partial charge in [-0.15, -0.1) is 0 Å². The zero-order chi connectivity index (χ0) is 13.1. The molecule has 5 heteroatoms. The number of nitrogens with zero attached hydrogens (tertiary/aromatic N) is 1. The maximum Gasteiger partial charge on any atom is 0.274 e. The first-order valence-corrected chi connectivity index (χ1v) is 5.53. The largest absolute Gasteiger partial charge is 0.469 e. The Bertz CT molecular complexity index is 593. The topological polar surface area (TPSA) is 67.7 Å². The van der Waals surface area contributed by atoms with E-state index in [0.717, 1.165) is 5.76 Å². The summed E-state index contributed by atoms with van der Waals surface area (Å²) in [6, 6.07) is 5.26. The van der Waals surface area contributed by atoms with E-state index in [1.165, 1.54) is 6.26 Å². The molecule has 2 heterocycles. The van der Waals surface area contributed by atoms with E-state index in [1.54, 1.807) is 19.9 Å². The van der Waals surface area contributed by atoms with E-state index in [-0.39, 0.29) is 5.91 Å². The third-order valence-electron chi connectivity index (χ3n) is 2.53. The van der Waals surface area contributed by atoms with Crippen molar-refractivity contribution in [1.29, 1.82) is 0 Å². The van der Waals surface area contributed by atoms with Crippen LogP contribution in [0, 0.1) is 13.8 Å². The number of rotatable bonds is 3. The van der Waals surface area contributed by atoms with E-state index >= 15 is 0 Å². The standard InChI is InChI=1S/C13H14N2O3/c1-8-4-5-12(18-8)9(2)14-15-13(16)11-6-7-17-10(11)3/h4-7H,1-3H3,(H,15,16). The molecule has 18 heavy (non-hydrogen) atoms. The van der Waals surface area contributed by atoms with E-state index in [0.29, 0.717) is 22.8 Å². The molecule has 2 aromatic rings. The second-order valence-corrected chi connectivity index (χ2v) is 3.94. The summed E-state index contributed by atoms with van der Waals surface area (Å²) in [6.07, 6.45) is 1.47. The minimum absolute atomic E-state index is 0.302. The molecule has 0 aliphatic carbocycles. The average Bonchev–Trinajstić information content (AvgIpc) is 2.94. The molecule has 2 rings (SSSR count). The summed E-state index contributed by atoms with van der Waals surface area (Å²) < 4.78 is 10.4. The molecule has 0 fully saturated rings. The van der Waals surface area contributed by atoms with Crippen LogP contribution in [0.15, 0.2) is 38.4 Å². The van der Waals surface area contributed by atoms with Gasteiger partial charge in [0.05, 0.1) is 11.8 Å². The van der Waals surface area contributed by atoms with Crippen LogP contribution in [0.25, 0.3) is 0 Å². The Labute approximate surface area is 104 Å². The van der Waals surface area contributed by atoms with Gasteiger partial charge in [0, 0.05) is 0 Å². The highest BCUT2D eigenvalue weighted by Gasteiger charge is 2.11. The number of nitrogens with one attached hydrogen (secondary N) is 1. The summed E-state index contributed by atoms with van der Waals surface area (Å²) in [5, 5.41) is 3.99. The van der Waals surface area contributed by atoms with Crippen molar-refractivity contribution >= 4 is 11.6 Å². The Morgan fingerprint density at radius 1 is 1.28 bits per heavy atom. The molecule has 0 spiro atoms. The zero-order valence-electron chi connectivity index (χ0n) is 10.5. The summed E-state index contributed by atoms with van der Waals surface area (Å²) in [7, 11) is 0. The molecule has 0 saturated heterocycles. The number of carbonyl (C=O) groups excluding carboxylic acids is 1. The Kier molecular flexibility index (Phi) is 3.32. The van der Waals surface area contributed by atoms with E-state index in [4.69, 9.17) is 8.83 Å². The lowest BCUT2D eigenvalue weighted by molar-refractivity contribution is 0.0953. The predicted octanol–water partition coefficient (Wildman–Crippen LogP) is 2.64. The van der Waals surface area contributed by atoms with Crippen molar-refractivity contribution in [2.24, 2.45) is 5.10 Å². The van der Waals surface area contributed by atoms with Gasteiger partial charge in [-0.2, -0.15) is 5.10 Å². The van der Waals surface area contributed by atoms with Crippen LogP contribution in [0.2, 0.25) is 0 Å². The van der Waals surface area contributed by atoms with Gasteiger partial charge in [-0.25, -0.2) is 5.43 Å². The van der Waals surface area contributed by atoms with Gasteiger partial charge in [0.25, 0.3) is 5.91 Å². The number of aryl methyl sites for hydroxylation is 2. The first kappa shape index (κ1) is 12.2. The first-order valence-electron chi connectivity index (χ1n) is 5.53. The summed E-state index contributed by atoms with van der Waals surface area (Å²) in [6.45, 7) is 5.34. The fourth-order valence-electron chi connectivity index (χ4n) is 1.50. The van der Waals surface area contributed by atoms with Gasteiger partial charge in [-0.1, -0.05) is 0 Å². The normalized spacial score (nSPS) is 11.6. The number of hydrogen-bond acceptors (Lipinski definition) is 4. The maximum absolute atomic E-state index is 11.8. The summed E-state index contributed by atoms with van der Waals surface area (Å²) >= 11 is 0. The molecule has 0 unspecified atom stereocenters. The van der Waals surface area contributed by atoms with E-state index in [1.807, 2.05) is 19.1 Å². The molecular formula is C13H14N2O3. The summed E-state index contributed by atoms with van der Waals surface area (Å²) in [5.74, 6) is 1.70. The van der Waals surface area contributed by atoms with E-state index in [2.05, 4.69) is 10.5 Å². The highest BCUT2D eigenvalue weighted by atomic mass is 16.3. The van der Waals surface area contributed by atoms with Gasteiger partial charge in [-0.05, 0) is 39.0 Å². The van der Waals surface area contributed by atoms with Crippen LogP contribution in [0.4, 0.5) is 0 Å². The quantitative estimate of drug-likeness (QED) is 0.668. The van der Waals surface area contributed by atoms with Crippen LogP contribution < -0.4 is 5.43 Å². The lowest BCUT2D eigenvalue weighted by Crippen LogP contribution is -2.19. The molecule has 1 N–H and O–H groups in total. The van der Waals surface area contributed by atoms with E-state index < -0.39 is 0 Å². The van der Waals surface area contributed by atoms with Gasteiger partial charge in [0.1, 0.15) is 23.0 Å². The Morgan fingerprint density at radius 2 is 2.06 bits per heavy atom. The highest BCUT2D eigenvalue weighted by Crippen LogP contribution is 2.09. The van der Waals surface area contributed by atoms with Crippen molar-refractivity contribution < 1.29 is 13.6 Å². The van der Waals surface area contributed by atoms with Crippen LogP contribution in [0.1, 0.15) is 34.6 Å². The van der Waals surface area contributed by atoms with Crippen molar-refractivity contribution in [3.63, 3.8) is 0 Å². The molecule has 2 aromatic heterocycles. The molecule has 0 bridgehead atoms. The number of carbonyl (C=O) groups is 1. The smallest absolute Gasteiger partial charge is 0.274 e. The van der Waals surface area contributed by atoms with Crippen LogP contribution >= 0.6 is 0 Å². The Balaban J connectivity index is 2.07. The molecule has 0 aliphatic heterocycles. The van der Waals surface area contributed by atoms with Crippen LogP contribution in [-0.4, -0.2) is 11.6 Å². The van der Waals surface area contributed by atoms with Crippen LogP contribution in [0.3, 0.4) is 0 Å². The van der Waals surface area contributed by atoms with Gasteiger partial charge < -0.3 is 8.83 Å². The molecule has 0 aromatic carbocycles. The number of hydrazone groups is 1. The second kappa shape index (κ2) is 4.91. The average molecular weight is 246 g/mol. The summed E-state index contributed by atoms with van der Waals surface area (Å²) in [4.78, 5) is 11.8.